The van der Waals surface area contributed by atoms with E-state index in [0.717, 1.165) is 0 Å². The number of piperidine rings is 1. The number of benzene rings is 1. The fraction of sp³-hybridized carbons (Fsp3) is 0.550. The van der Waals surface area contributed by atoms with Crippen LogP contribution in [0.2, 0.25) is 0 Å². The minimum Gasteiger partial charge on any atom is -0.344 e. The first-order valence-electron chi connectivity index (χ1n) is 9.60. The van der Waals surface area contributed by atoms with Gasteiger partial charge in [0.1, 0.15) is 11.9 Å². The summed E-state index contributed by atoms with van der Waals surface area (Å²) in [6.07, 6.45) is 1.07. The van der Waals surface area contributed by atoms with Gasteiger partial charge in [-0.2, -0.15) is 0 Å². The van der Waals surface area contributed by atoms with Crippen molar-refractivity contribution in [3.05, 3.63) is 30.1 Å². The van der Waals surface area contributed by atoms with Crippen LogP contribution in [0.5, 0.6) is 0 Å². The predicted molar refractivity (Wildman–Crippen MR) is 112 cm³/mol. The average molecular weight is 429 g/mol. The van der Waals surface area contributed by atoms with E-state index < -0.39 is 17.9 Å². The highest BCUT2D eigenvalue weighted by Crippen LogP contribution is 2.19. The normalized spacial score (nSPS) is 16.6. The second-order valence-electron chi connectivity index (χ2n) is 7.60. The zero-order valence-electron chi connectivity index (χ0n) is 17.0. The molecule has 4 N–H and O–H groups in total. The molecular formula is C20H30ClFN4O3. The summed E-state index contributed by atoms with van der Waals surface area (Å²) in [4.78, 5) is 38.7. The number of carbonyl (C=O) groups is 3. The highest BCUT2D eigenvalue weighted by Gasteiger charge is 2.31. The van der Waals surface area contributed by atoms with Crippen molar-refractivity contribution in [1.29, 1.82) is 0 Å². The Hall–Kier alpha value is -2.19. The van der Waals surface area contributed by atoms with Crippen LogP contribution < -0.4 is 16.4 Å². The maximum absolute atomic E-state index is 12.9. The van der Waals surface area contributed by atoms with E-state index in [2.05, 4.69) is 10.6 Å². The van der Waals surface area contributed by atoms with E-state index in [1.54, 1.807) is 11.8 Å². The second kappa shape index (κ2) is 11.1. The van der Waals surface area contributed by atoms with Gasteiger partial charge in [-0.25, -0.2) is 4.39 Å². The molecule has 1 aromatic carbocycles. The third kappa shape index (κ3) is 6.97. The van der Waals surface area contributed by atoms with Gasteiger partial charge in [-0.1, -0.05) is 13.8 Å². The van der Waals surface area contributed by atoms with E-state index >= 15 is 0 Å². The fourth-order valence-electron chi connectivity index (χ4n) is 3.04. The lowest BCUT2D eigenvalue weighted by Gasteiger charge is -2.34. The van der Waals surface area contributed by atoms with Gasteiger partial charge in [0.05, 0.1) is 6.04 Å². The number of nitrogens with two attached hydrogens (primary N) is 1. The molecule has 0 saturated carbocycles. The van der Waals surface area contributed by atoms with Gasteiger partial charge < -0.3 is 21.3 Å². The molecule has 1 aliphatic heterocycles. The van der Waals surface area contributed by atoms with Crippen molar-refractivity contribution >= 4 is 35.8 Å². The maximum Gasteiger partial charge on any atom is 0.246 e. The molecular weight excluding hydrogens is 399 g/mol. The summed E-state index contributed by atoms with van der Waals surface area (Å²) in [7, 11) is 0. The minimum atomic E-state index is -0.730. The number of rotatable bonds is 6. The SMILES string of the molecule is CC(C)[C@H](N)C(=O)N1CCC(C(=O)N[C@@H](C)C(=O)Nc2ccc(F)cc2)CC1.Cl. The summed E-state index contributed by atoms with van der Waals surface area (Å²) in [5.41, 5.74) is 6.38. The molecule has 162 valence electrons. The molecule has 2 rings (SSSR count). The predicted octanol–water partition coefficient (Wildman–Crippen LogP) is 1.91. The third-order valence-corrected chi connectivity index (χ3v) is 5.04. The molecule has 9 heteroatoms. The zero-order chi connectivity index (χ0) is 20.8. The molecule has 1 aliphatic rings. The molecule has 1 heterocycles. The Morgan fingerprint density at radius 3 is 2.17 bits per heavy atom. The quantitative estimate of drug-likeness (QED) is 0.643. The van der Waals surface area contributed by atoms with E-state index in [9.17, 15) is 18.8 Å². The number of nitrogens with zero attached hydrogens (tertiary/aromatic N) is 1. The summed E-state index contributed by atoms with van der Waals surface area (Å²) in [6, 6.07) is 4.15. The van der Waals surface area contributed by atoms with E-state index in [4.69, 9.17) is 5.73 Å². The highest BCUT2D eigenvalue weighted by atomic mass is 35.5. The lowest BCUT2D eigenvalue weighted by Crippen LogP contribution is -2.51. The standard InChI is InChI=1S/C20H29FN4O3.ClH/c1-12(2)17(22)20(28)25-10-8-14(9-11-25)19(27)23-13(3)18(26)24-16-6-4-15(21)5-7-16;/h4-7,12-14,17H,8-11,22H2,1-3H3,(H,23,27)(H,24,26);1H/t13-,17-;/m0./s1. The summed E-state index contributed by atoms with van der Waals surface area (Å²) in [6.45, 7) is 6.36. The van der Waals surface area contributed by atoms with E-state index in [1.165, 1.54) is 24.3 Å². The Morgan fingerprint density at radius 1 is 1.10 bits per heavy atom. The molecule has 0 radical (unpaired) electrons. The molecule has 2 atom stereocenters. The zero-order valence-corrected chi connectivity index (χ0v) is 17.8. The van der Waals surface area contributed by atoms with E-state index in [0.29, 0.717) is 31.6 Å². The van der Waals surface area contributed by atoms with Crippen molar-refractivity contribution in [3.8, 4) is 0 Å². The molecule has 0 spiro atoms. The molecule has 0 aliphatic carbocycles. The Labute approximate surface area is 177 Å². The number of likely N-dealkylation sites (tertiary alicyclic amines) is 1. The van der Waals surface area contributed by atoms with Gasteiger partial charge in [0.2, 0.25) is 17.7 Å². The minimum absolute atomic E-state index is 0. The van der Waals surface area contributed by atoms with Gasteiger partial charge in [-0.3, -0.25) is 14.4 Å². The summed E-state index contributed by atoms with van der Waals surface area (Å²) >= 11 is 0. The number of carbonyl (C=O) groups excluding carboxylic acids is 3. The van der Waals surface area contributed by atoms with Crippen LogP contribution in [0.3, 0.4) is 0 Å². The highest BCUT2D eigenvalue weighted by molar-refractivity contribution is 5.97. The Morgan fingerprint density at radius 2 is 1.66 bits per heavy atom. The number of hydrogen-bond acceptors (Lipinski definition) is 4. The van der Waals surface area contributed by atoms with Crippen LogP contribution in [0, 0.1) is 17.7 Å². The Bertz CT molecular complexity index is 706. The summed E-state index contributed by atoms with van der Waals surface area (Å²) in [5.74, 6) is -1.24. The van der Waals surface area contributed by atoms with Crippen LogP contribution in [0.25, 0.3) is 0 Å². The Balaban J connectivity index is 0.00000420. The first-order valence-corrected chi connectivity index (χ1v) is 9.60. The van der Waals surface area contributed by atoms with Crippen LogP contribution in [0.1, 0.15) is 33.6 Å². The molecule has 0 bridgehead atoms. The number of nitrogens with one attached hydrogen (secondary N) is 2. The molecule has 29 heavy (non-hydrogen) atoms. The van der Waals surface area contributed by atoms with Gasteiger partial charge in [0.15, 0.2) is 0 Å². The molecule has 0 unspecified atom stereocenters. The van der Waals surface area contributed by atoms with Crippen molar-refractivity contribution in [3.63, 3.8) is 0 Å². The number of anilines is 1. The van der Waals surface area contributed by atoms with Crippen molar-refractivity contribution in [2.45, 2.75) is 45.7 Å². The van der Waals surface area contributed by atoms with Crippen molar-refractivity contribution in [2.24, 2.45) is 17.6 Å². The van der Waals surface area contributed by atoms with Gasteiger partial charge in [-0.05, 0) is 49.9 Å². The average Bonchev–Trinajstić information content (AvgIpc) is 2.68. The Kier molecular flexibility index (Phi) is 9.52. The van der Waals surface area contributed by atoms with Gasteiger partial charge in [-0.15, -0.1) is 12.4 Å². The van der Waals surface area contributed by atoms with Crippen LogP contribution in [-0.2, 0) is 14.4 Å². The number of amides is 3. The van der Waals surface area contributed by atoms with Crippen molar-refractivity contribution < 1.29 is 18.8 Å². The lowest BCUT2D eigenvalue weighted by molar-refractivity contribution is -0.137. The van der Waals surface area contributed by atoms with Gasteiger partial charge >= 0.3 is 0 Å². The summed E-state index contributed by atoms with van der Waals surface area (Å²) < 4.78 is 12.9. The smallest absolute Gasteiger partial charge is 0.246 e. The number of hydrogen-bond donors (Lipinski definition) is 3. The topological polar surface area (TPSA) is 105 Å². The molecule has 1 saturated heterocycles. The van der Waals surface area contributed by atoms with Crippen LogP contribution in [-0.4, -0.2) is 47.8 Å². The molecule has 1 fully saturated rings. The van der Waals surface area contributed by atoms with E-state index in [1.807, 2.05) is 13.8 Å². The molecule has 0 aromatic heterocycles. The van der Waals surface area contributed by atoms with Crippen molar-refractivity contribution in [2.75, 3.05) is 18.4 Å². The largest absolute Gasteiger partial charge is 0.344 e. The lowest BCUT2D eigenvalue weighted by atomic mass is 9.94. The third-order valence-electron chi connectivity index (χ3n) is 5.04. The first-order chi connectivity index (χ1) is 13.2. The van der Waals surface area contributed by atoms with Crippen LogP contribution in [0.4, 0.5) is 10.1 Å². The monoisotopic (exact) mass is 428 g/mol. The van der Waals surface area contributed by atoms with E-state index in [-0.39, 0.29) is 42.0 Å². The fourth-order valence-corrected chi connectivity index (χ4v) is 3.04. The van der Waals surface area contributed by atoms with Gasteiger partial charge in [0.25, 0.3) is 0 Å². The van der Waals surface area contributed by atoms with Gasteiger partial charge in [0, 0.05) is 24.7 Å². The molecule has 1 aromatic rings. The summed E-state index contributed by atoms with van der Waals surface area (Å²) in [5, 5.41) is 5.35. The maximum atomic E-state index is 12.9. The second-order valence-corrected chi connectivity index (χ2v) is 7.60. The molecule has 3 amide bonds. The van der Waals surface area contributed by atoms with Crippen LogP contribution in [0.15, 0.2) is 24.3 Å². The first kappa shape index (κ1) is 24.8. The van der Waals surface area contributed by atoms with Crippen LogP contribution >= 0.6 is 12.4 Å². The van der Waals surface area contributed by atoms with Crippen molar-refractivity contribution in [1.82, 2.24) is 10.2 Å². The number of halogens is 2. The molecule has 7 nitrogen and oxygen atoms in total.